The van der Waals surface area contributed by atoms with Crippen molar-refractivity contribution in [1.29, 1.82) is 0 Å². The number of hydrogen-bond acceptors (Lipinski definition) is 14. The zero-order chi connectivity index (χ0) is 48.7. The zero-order valence-electron chi connectivity index (χ0n) is 37.9. The molecule has 0 bridgehead atoms. The van der Waals surface area contributed by atoms with Gasteiger partial charge in [0.1, 0.15) is 32.6 Å². The van der Waals surface area contributed by atoms with E-state index in [1.54, 1.807) is 93.6 Å². The third-order valence-electron chi connectivity index (χ3n) is 10.2. The molecule has 1 heterocycles. The number of tetrazole rings is 1. The summed E-state index contributed by atoms with van der Waals surface area (Å²) in [5.41, 5.74) is 6.63. The van der Waals surface area contributed by atoms with Gasteiger partial charge in [0.15, 0.2) is 0 Å². The number of nitrogens with one attached hydrogen (secondary N) is 2. The number of carbonyl (C=O) groups is 2. The second-order valence-electron chi connectivity index (χ2n) is 16.1. The van der Waals surface area contributed by atoms with Crippen molar-refractivity contribution in [1.82, 2.24) is 34.6 Å². The van der Waals surface area contributed by atoms with E-state index in [4.69, 9.17) is 24.7 Å². The number of carboxylic acid groups (broad SMARTS) is 1. The fourth-order valence-corrected chi connectivity index (χ4v) is 10.8. The van der Waals surface area contributed by atoms with Gasteiger partial charge in [-0.25, -0.2) is 31.1 Å². The van der Waals surface area contributed by atoms with Crippen LogP contribution in [0.3, 0.4) is 0 Å². The van der Waals surface area contributed by atoms with E-state index in [9.17, 15) is 23.1 Å². The average molecular weight is 957 g/mol. The maximum absolute atomic E-state index is 16.0. The monoisotopic (exact) mass is 956 g/mol. The van der Waals surface area contributed by atoms with E-state index in [1.165, 1.54) is 57.3 Å². The molecule has 67 heavy (non-hydrogen) atoms. The Balaban J connectivity index is 1.64. The number of amides is 1. The van der Waals surface area contributed by atoms with Crippen LogP contribution in [0.15, 0.2) is 107 Å². The van der Waals surface area contributed by atoms with Gasteiger partial charge in [-0.1, -0.05) is 48.5 Å². The molecule has 0 spiro atoms. The minimum Gasteiger partial charge on any atom is -0.497 e. The van der Waals surface area contributed by atoms with E-state index in [0.29, 0.717) is 28.4 Å². The van der Waals surface area contributed by atoms with Crippen LogP contribution in [-0.2, 0) is 44.4 Å². The van der Waals surface area contributed by atoms with Gasteiger partial charge in [0.2, 0.25) is 25.9 Å². The summed E-state index contributed by atoms with van der Waals surface area (Å²) in [5, 5.41) is 25.8. The SMILES string of the molecule is COc1ccc(CN(Cc2ccc(OC)cc2)S(=O)(=O)c2c(-c3nnn(Cc4ccc(OC)cc4)n3)c(-c3cccc(C(=O)O)c3N)cc(C)c2S(=O)(=O)NCCNC(=O)OC(C)(C)C)cc1. The van der Waals surface area contributed by atoms with Crippen molar-refractivity contribution in [3.8, 4) is 39.8 Å². The lowest BCUT2D eigenvalue weighted by Crippen LogP contribution is -2.38. The molecule has 354 valence electrons. The van der Waals surface area contributed by atoms with E-state index >= 15 is 8.42 Å². The van der Waals surface area contributed by atoms with Crippen molar-refractivity contribution < 1.29 is 50.5 Å². The molecule has 0 aliphatic heterocycles. The fourth-order valence-electron chi connectivity index (χ4n) is 7.04. The third kappa shape index (κ3) is 11.9. The molecular weight excluding hydrogens is 905 g/mol. The summed E-state index contributed by atoms with van der Waals surface area (Å²) >= 11 is 0. The highest BCUT2D eigenvalue weighted by molar-refractivity contribution is 7.92. The topological polar surface area (TPSA) is 256 Å². The number of carbonyl (C=O) groups excluding carboxylic acids is 1. The molecule has 19 nitrogen and oxygen atoms in total. The molecule has 0 unspecified atom stereocenters. The molecule has 0 saturated heterocycles. The standard InChI is InChI=1S/C46H52N8O11S2/c1-29-25-38(36-9-8-10-37(40(36)47)44(55)56)39(43-50-52-54(51-43)28-32-15-21-35(64-7)22-16-32)42(41(29)66(58,59)49-24-23-48-45(57)65-46(2,3)4)67(60,61)53(26-30-11-17-33(62-5)18-12-30)27-31-13-19-34(63-6)20-14-31/h8-22,25,49H,23-24,26-28,47H2,1-7H3,(H,48,57)(H,55,56). The second kappa shape index (κ2) is 20.6. The number of aryl methyl sites for hydroxylation is 1. The predicted octanol–water partition coefficient (Wildman–Crippen LogP) is 5.86. The van der Waals surface area contributed by atoms with Crippen LogP contribution in [0.25, 0.3) is 22.5 Å². The molecule has 5 N–H and O–H groups in total. The normalized spacial score (nSPS) is 11.9. The number of alkyl carbamates (subject to hydrolysis) is 1. The average Bonchev–Trinajstić information content (AvgIpc) is 3.75. The van der Waals surface area contributed by atoms with Crippen molar-refractivity contribution >= 4 is 37.8 Å². The maximum atomic E-state index is 16.0. The van der Waals surface area contributed by atoms with Crippen LogP contribution in [0, 0.1) is 6.92 Å². The Bertz CT molecular complexity index is 2910. The molecule has 0 saturated carbocycles. The highest BCUT2D eigenvalue weighted by atomic mass is 32.2. The van der Waals surface area contributed by atoms with Gasteiger partial charge in [-0.2, -0.15) is 9.10 Å². The quantitative estimate of drug-likeness (QED) is 0.0547. The van der Waals surface area contributed by atoms with Crippen LogP contribution in [0.5, 0.6) is 17.2 Å². The van der Waals surface area contributed by atoms with Gasteiger partial charge in [-0.3, -0.25) is 0 Å². The van der Waals surface area contributed by atoms with Crippen LogP contribution in [0.1, 0.15) is 53.4 Å². The Morgan fingerprint density at radius 1 is 0.761 bits per heavy atom. The van der Waals surface area contributed by atoms with Crippen molar-refractivity contribution in [2.75, 3.05) is 40.2 Å². The molecule has 1 aromatic heterocycles. The number of nitrogen functional groups attached to an aromatic ring is 1. The zero-order valence-corrected chi connectivity index (χ0v) is 39.6. The first-order valence-corrected chi connectivity index (χ1v) is 23.6. The molecule has 5 aromatic carbocycles. The summed E-state index contributed by atoms with van der Waals surface area (Å²) in [6, 6.07) is 26.0. The molecule has 21 heteroatoms. The number of nitrogens with two attached hydrogens (primary N) is 1. The van der Waals surface area contributed by atoms with Crippen LogP contribution >= 0.6 is 0 Å². The summed E-state index contributed by atoms with van der Waals surface area (Å²) in [5.74, 6) is -0.0381. The molecular formula is C46H52N8O11S2. The number of hydrogen-bond donors (Lipinski definition) is 4. The Morgan fingerprint density at radius 3 is 1.81 bits per heavy atom. The summed E-state index contributed by atoms with van der Waals surface area (Å²) in [4.78, 5) is 24.7. The van der Waals surface area contributed by atoms with Crippen LogP contribution in [-0.4, -0.2) is 98.5 Å². The first-order chi connectivity index (χ1) is 31.7. The molecule has 0 fully saturated rings. The summed E-state index contributed by atoms with van der Waals surface area (Å²) in [6.45, 7) is 5.30. The highest BCUT2D eigenvalue weighted by Crippen LogP contribution is 2.45. The predicted molar refractivity (Wildman–Crippen MR) is 249 cm³/mol. The largest absolute Gasteiger partial charge is 0.497 e. The number of rotatable bonds is 19. The first kappa shape index (κ1) is 49.4. The third-order valence-corrected chi connectivity index (χ3v) is 13.8. The van der Waals surface area contributed by atoms with E-state index in [-0.39, 0.29) is 72.1 Å². The Hall–Kier alpha value is -7.07. The van der Waals surface area contributed by atoms with E-state index in [1.807, 2.05) is 0 Å². The highest BCUT2D eigenvalue weighted by Gasteiger charge is 2.39. The number of ether oxygens (including phenoxy) is 4. The molecule has 0 atom stereocenters. The van der Waals surface area contributed by atoms with E-state index in [0.717, 1.165) is 9.87 Å². The number of sulfonamides is 2. The van der Waals surface area contributed by atoms with Gasteiger partial charge in [0.05, 0.1) is 44.7 Å². The lowest BCUT2D eigenvalue weighted by atomic mass is 9.94. The lowest BCUT2D eigenvalue weighted by Gasteiger charge is -2.27. The molecule has 0 radical (unpaired) electrons. The molecule has 0 aliphatic carbocycles. The number of anilines is 1. The summed E-state index contributed by atoms with van der Waals surface area (Å²) in [6.07, 6.45) is -0.796. The van der Waals surface area contributed by atoms with Crippen molar-refractivity contribution in [3.63, 3.8) is 0 Å². The number of carboxylic acids is 1. The van der Waals surface area contributed by atoms with Crippen LogP contribution < -0.4 is 30.0 Å². The lowest BCUT2D eigenvalue weighted by molar-refractivity contribution is 0.0528. The second-order valence-corrected chi connectivity index (χ2v) is 19.7. The van der Waals surface area contributed by atoms with Crippen LogP contribution in [0.2, 0.25) is 0 Å². The number of aromatic nitrogens is 4. The number of benzene rings is 5. The Morgan fingerprint density at radius 2 is 1.30 bits per heavy atom. The van der Waals surface area contributed by atoms with Gasteiger partial charge in [0.25, 0.3) is 0 Å². The van der Waals surface area contributed by atoms with Crippen molar-refractivity contribution in [2.24, 2.45) is 0 Å². The number of methoxy groups -OCH3 is 3. The van der Waals surface area contributed by atoms with Crippen molar-refractivity contribution in [3.05, 3.63) is 125 Å². The van der Waals surface area contributed by atoms with Gasteiger partial charge >= 0.3 is 12.1 Å². The molecule has 1 amide bonds. The summed E-state index contributed by atoms with van der Waals surface area (Å²) in [7, 11) is -5.38. The van der Waals surface area contributed by atoms with Crippen molar-refractivity contribution in [2.45, 2.75) is 62.7 Å². The first-order valence-electron chi connectivity index (χ1n) is 20.7. The molecule has 0 aliphatic rings. The minimum absolute atomic E-state index is 0.0000554. The van der Waals surface area contributed by atoms with Gasteiger partial charge in [-0.05, 0) is 109 Å². The summed E-state index contributed by atoms with van der Waals surface area (Å²) < 4.78 is 86.7. The number of para-hydroxylation sites is 1. The Kier molecular flexibility index (Phi) is 15.2. The molecule has 6 aromatic rings. The molecule has 6 rings (SSSR count). The van der Waals surface area contributed by atoms with Crippen LogP contribution in [0.4, 0.5) is 10.5 Å². The van der Waals surface area contributed by atoms with E-state index in [2.05, 4.69) is 25.4 Å². The van der Waals surface area contributed by atoms with Gasteiger partial charge in [-0.15, -0.1) is 10.2 Å². The smallest absolute Gasteiger partial charge is 0.407 e. The maximum Gasteiger partial charge on any atom is 0.407 e. The van der Waals surface area contributed by atoms with Gasteiger partial charge in [0, 0.05) is 31.7 Å². The Labute approximate surface area is 388 Å². The fraction of sp³-hybridized carbons (Fsp3) is 0.283. The number of nitrogens with zero attached hydrogens (tertiary/aromatic N) is 5. The van der Waals surface area contributed by atoms with Gasteiger partial charge < -0.3 is 35.1 Å². The minimum atomic E-state index is -5.06. The number of aromatic carboxylic acids is 1. The van der Waals surface area contributed by atoms with E-state index < -0.39 is 47.5 Å².